The minimum atomic E-state index is -0.509. The molecule has 7 nitrogen and oxygen atoms in total. The topological polar surface area (TPSA) is 79.9 Å². The fraction of sp³-hybridized carbons (Fsp3) is 0.667. The molecule has 178 valence electrons. The first-order valence-corrected chi connectivity index (χ1v) is 13.0. The molecule has 3 rings (SSSR count). The number of rotatable bonds is 8. The van der Waals surface area contributed by atoms with Gasteiger partial charge in [-0.3, -0.25) is 4.79 Å². The molecule has 1 aromatic carbocycles. The van der Waals surface area contributed by atoms with Crippen LogP contribution in [-0.2, 0) is 17.8 Å². The molecule has 2 N–H and O–H groups in total. The Hall–Kier alpha value is -2.09. The Labute approximate surface area is 196 Å². The van der Waals surface area contributed by atoms with Crippen LogP contribution in [0, 0.1) is 0 Å². The first-order valence-electron chi connectivity index (χ1n) is 11.6. The highest BCUT2D eigenvalue weighted by Gasteiger charge is 2.28. The van der Waals surface area contributed by atoms with Crippen molar-refractivity contribution in [1.82, 2.24) is 15.5 Å². The number of nitrogens with one attached hydrogen (secondary N) is 2. The number of nitrogens with zero attached hydrogens (tertiary/aromatic N) is 1. The van der Waals surface area contributed by atoms with Crippen molar-refractivity contribution in [1.29, 1.82) is 0 Å². The Morgan fingerprint density at radius 3 is 2.38 bits per heavy atom. The van der Waals surface area contributed by atoms with Gasteiger partial charge in [0.05, 0.1) is 14.2 Å². The normalized spacial score (nSPS) is 17.7. The number of amides is 3. The third kappa shape index (κ3) is 6.47. The fourth-order valence-electron chi connectivity index (χ4n) is 4.53. The number of fused-ring (bicyclic) bond motifs is 1. The van der Waals surface area contributed by atoms with Gasteiger partial charge in [-0.15, -0.1) is 0 Å². The predicted molar refractivity (Wildman–Crippen MR) is 129 cm³/mol. The lowest BCUT2D eigenvalue weighted by Gasteiger charge is -2.31. The highest BCUT2D eigenvalue weighted by molar-refractivity contribution is 7.98. The molecule has 0 spiro atoms. The summed E-state index contributed by atoms with van der Waals surface area (Å²) >= 11 is 1.69. The van der Waals surface area contributed by atoms with Crippen molar-refractivity contribution in [2.24, 2.45) is 0 Å². The second-order valence-electron chi connectivity index (χ2n) is 8.63. The van der Waals surface area contributed by atoms with E-state index in [2.05, 4.69) is 10.6 Å². The molecule has 1 unspecified atom stereocenters. The van der Waals surface area contributed by atoms with Gasteiger partial charge in [0.1, 0.15) is 6.04 Å². The van der Waals surface area contributed by atoms with Crippen LogP contribution in [0.3, 0.4) is 0 Å². The van der Waals surface area contributed by atoms with Crippen LogP contribution in [0.15, 0.2) is 12.1 Å². The molecule has 32 heavy (non-hydrogen) atoms. The van der Waals surface area contributed by atoms with E-state index in [0.29, 0.717) is 31.0 Å². The van der Waals surface area contributed by atoms with Gasteiger partial charge < -0.3 is 25.0 Å². The number of hydrogen-bond donors (Lipinski definition) is 2. The monoisotopic (exact) mass is 463 g/mol. The average Bonchev–Trinajstić information content (AvgIpc) is 3.08. The highest BCUT2D eigenvalue weighted by atomic mass is 32.2. The van der Waals surface area contributed by atoms with E-state index < -0.39 is 6.04 Å². The average molecular weight is 464 g/mol. The van der Waals surface area contributed by atoms with Crippen LogP contribution in [0.4, 0.5) is 4.79 Å². The second kappa shape index (κ2) is 12.2. The third-order valence-corrected chi connectivity index (χ3v) is 7.08. The van der Waals surface area contributed by atoms with Crippen molar-refractivity contribution in [3.63, 3.8) is 0 Å². The van der Waals surface area contributed by atoms with E-state index in [1.165, 1.54) is 12.8 Å². The number of urea groups is 1. The maximum atomic E-state index is 13.1. The lowest BCUT2D eigenvalue weighted by atomic mass is 9.99. The van der Waals surface area contributed by atoms with E-state index in [-0.39, 0.29) is 18.0 Å². The van der Waals surface area contributed by atoms with E-state index in [4.69, 9.17) is 9.47 Å². The molecule has 0 aromatic heterocycles. The molecule has 0 bridgehead atoms. The van der Waals surface area contributed by atoms with Gasteiger partial charge in [-0.25, -0.2) is 4.79 Å². The lowest BCUT2D eigenvalue weighted by molar-refractivity contribution is -0.123. The molecule has 8 heteroatoms. The molecule has 2 aliphatic rings. The third-order valence-electron chi connectivity index (χ3n) is 6.43. The van der Waals surface area contributed by atoms with Crippen LogP contribution in [0.1, 0.15) is 56.1 Å². The minimum absolute atomic E-state index is 0.0527. The van der Waals surface area contributed by atoms with Gasteiger partial charge in [-0.2, -0.15) is 11.8 Å². The van der Waals surface area contributed by atoms with Crippen molar-refractivity contribution in [3.05, 3.63) is 23.3 Å². The first kappa shape index (κ1) is 24.6. The van der Waals surface area contributed by atoms with Gasteiger partial charge in [0.2, 0.25) is 5.91 Å². The van der Waals surface area contributed by atoms with Gasteiger partial charge in [0, 0.05) is 19.1 Å². The van der Waals surface area contributed by atoms with Crippen molar-refractivity contribution >= 4 is 23.7 Å². The summed E-state index contributed by atoms with van der Waals surface area (Å²) in [7, 11) is 3.24. The molecule has 1 aromatic rings. The molecular weight excluding hydrogens is 426 g/mol. The summed E-state index contributed by atoms with van der Waals surface area (Å²) in [5.41, 5.74) is 2.21. The molecule has 1 aliphatic carbocycles. The number of carbonyl (C=O) groups excluding carboxylic acids is 2. The van der Waals surface area contributed by atoms with Gasteiger partial charge in [0.25, 0.3) is 0 Å². The zero-order valence-corrected chi connectivity index (χ0v) is 20.4. The Balaban J connectivity index is 1.63. The lowest BCUT2D eigenvalue weighted by Crippen LogP contribution is -2.53. The van der Waals surface area contributed by atoms with Gasteiger partial charge >= 0.3 is 6.03 Å². The summed E-state index contributed by atoms with van der Waals surface area (Å²) < 4.78 is 10.8. The quantitative estimate of drug-likeness (QED) is 0.574. The molecule has 1 fully saturated rings. The maximum Gasteiger partial charge on any atom is 0.318 e. The van der Waals surface area contributed by atoms with E-state index in [0.717, 1.165) is 49.0 Å². The van der Waals surface area contributed by atoms with Crippen LogP contribution >= 0.6 is 11.8 Å². The van der Waals surface area contributed by atoms with E-state index in [9.17, 15) is 9.59 Å². The number of hydrogen-bond acceptors (Lipinski definition) is 5. The molecule has 0 saturated heterocycles. The van der Waals surface area contributed by atoms with Crippen molar-refractivity contribution in [2.45, 2.75) is 70.0 Å². The van der Waals surface area contributed by atoms with Crippen LogP contribution < -0.4 is 20.1 Å². The standard InChI is InChI=1S/C24H37N3O4S/c1-30-21-14-17-10-12-27(16-18(17)15-22(21)31-2)24(29)26-20(11-13-32-3)23(28)25-19-8-6-4-5-7-9-19/h14-15,19-20H,4-13,16H2,1-3H3,(H,25,28)(H,26,29). The highest BCUT2D eigenvalue weighted by Crippen LogP contribution is 2.33. The first-order chi connectivity index (χ1) is 15.5. The zero-order chi connectivity index (χ0) is 22.9. The van der Waals surface area contributed by atoms with Crippen LogP contribution in [0.25, 0.3) is 0 Å². The summed E-state index contributed by atoms with van der Waals surface area (Å²) in [6, 6.07) is 3.46. The number of methoxy groups -OCH3 is 2. The SMILES string of the molecule is COc1cc2c(cc1OC)CN(C(=O)NC(CCSC)C(=O)NC1CCCCCC1)CC2. The van der Waals surface area contributed by atoms with Gasteiger partial charge in [0.15, 0.2) is 11.5 Å². The van der Waals surface area contributed by atoms with Crippen molar-refractivity contribution in [3.8, 4) is 11.5 Å². The molecule has 1 heterocycles. The van der Waals surface area contributed by atoms with Crippen molar-refractivity contribution in [2.75, 3.05) is 32.8 Å². The number of ether oxygens (including phenoxy) is 2. The number of benzene rings is 1. The molecular formula is C24H37N3O4S. The number of thioether (sulfide) groups is 1. The number of carbonyl (C=O) groups is 2. The predicted octanol–water partition coefficient (Wildman–Crippen LogP) is 3.73. The largest absolute Gasteiger partial charge is 0.493 e. The van der Waals surface area contributed by atoms with Crippen molar-refractivity contribution < 1.29 is 19.1 Å². The Morgan fingerprint density at radius 1 is 1.09 bits per heavy atom. The van der Waals surface area contributed by atoms with Crippen LogP contribution in [0.5, 0.6) is 11.5 Å². The van der Waals surface area contributed by atoms with Gasteiger partial charge in [-0.05, 0) is 61.0 Å². The summed E-state index contributed by atoms with van der Waals surface area (Å²) in [6.07, 6.45) is 10.3. The molecule has 3 amide bonds. The van der Waals surface area contributed by atoms with Crippen LogP contribution in [0.2, 0.25) is 0 Å². The molecule has 1 saturated carbocycles. The molecule has 0 radical (unpaired) electrons. The smallest absolute Gasteiger partial charge is 0.318 e. The van der Waals surface area contributed by atoms with Crippen LogP contribution in [-0.4, -0.2) is 61.7 Å². The molecule has 1 atom stereocenters. The Bertz CT molecular complexity index is 781. The maximum absolute atomic E-state index is 13.1. The summed E-state index contributed by atoms with van der Waals surface area (Å²) in [5, 5.41) is 6.22. The van der Waals surface area contributed by atoms with Gasteiger partial charge in [-0.1, -0.05) is 25.7 Å². The summed E-state index contributed by atoms with van der Waals surface area (Å²) in [4.78, 5) is 27.9. The summed E-state index contributed by atoms with van der Waals surface area (Å²) in [5.74, 6) is 2.14. The van der Waals surface area contributed by atoms with E-state index >= 15 is 0 Å². The zero-order valence-electron chi connectivity index (χ0n) is 19.6. The minimum Gasteiger partial charge on any atom is -0.493 e. The van der Waals surface area contributed by atoms with E-state index in [1.807, 2.05) is 18.4 Å². The van der Waals surface area contributed by atoms with E-state index in [1.54, 1.807) is 30.9 Å². The Morgan fingerprint density at radius 2 is 1.75 bits per heavy atom. The fourth-order valence-corrected chi connectivity index (χ4v) is 5.00. The second-order valence-corrected chi connectivity index (χ2v) is 9.61. The Kier molecular flexibility index (Phi) is 9.38. The summed E-state index contributed by atoms with van der Waals surface area (Å²) in [6.45, 7) is 1.09. The molecule has 1 aliphatic heterocycles.